The SMILES string of the molecule is CC(O)(CNc1nnc(C(F)(F)F)s1)c1ccco1. The van der Waals surface area contributed by atoms with Crippen molar-refractivity contribution in [3.8, 4) is 0 Å². The van der Waals surface area contributed by atoms with Gasteiger partial charge in [-0.2, -0.15) is 13.2 Å². The van der Waals surface area contributed by atoms with Gasteiger partial charge in [0, 0.05) is 0 Å². The zero-order valence-corrected chi connectivity index (χ0v) is 10.5. The molecule has 2 heterocycles. The predicted molar refractivity (Wildman–Crippen MR) is 61.7 cm³/mol. The Kier molecular flexibility index (Phi) is 3.50. The first-order valence-electron chi connectivity index (χ1n) is 5.20. The van der Waals surface area contributed by atoms with Gasteiger partial charge in [0.2, 0.25) is 10.1 Å². The molecule has 19 heavy (non-hydrogen) atoms. The summed E-state index contributed by atoms with van der Waals surface area (Å²) in [5.74, 6) is 0.306. The number of hydrogen-bond acceptors (Lipinski definition) is 6. The Morgan fingerprint density at radius 2 is 2.16 bits per heavy atom. The molecule has 1 unspecified atom stereocenters. The molecule has 0 saturated carbocycles. The third-order valence-electron chi connectivity index (χ3n) is 2.30. The van der Waals surface area contributed by atoms with Gasteiger partial charge in [-0.1, -0.05) is 11.3 Å². The standard InChI is InChI=1S/C10H10F3N3O2S/c1-9(17,6-3-2-4-18-6)5-14-8-16-15-7(19-8)10(11,12)13/h2-4,17H,5H2,1H3,(H,14,16). The van der Waals surface area contributed by atoms with Crippen LogP contribution in [0.2, 0.25) is 0 Å². The molecule has 9 heteroatoms. The van der Waals surface area contributed by atoms with Crippen molar-refractivity contribution in [2.24, 2.45) is 0 Å². The van der Waals surface area contributed by atoms with Crippen LogP contribution in [-0.2, 0) is 11.8 Å². The van der Waals surface area contributed by atoms with Crippen LogP contribution in [0.3, 0.4) is 0 Å². The quantitative estimate of drug-likeness (QED) is 0.906. The molecule has 0 spiro atoms. The molecule has 0 radical (unpaired) electrons. The lowest BCUT2D eigenvalue weighted by molar-refractivity contribution is -0.138. The monoisotopic (exact) mass is 293 g/mol. The fourth-order valence-corrected chi connectivity index (χ4v) is 1.94. The van der Waals surface area contributed by atoms with Crippen LogP contribution in [0.15, 0.2) is 22.8 Å². The van der Waals surface area contributed by atoms with E-state index in [1.54, 1.807) is 12.1 Å². The average Bonchev–Trinajstić information content (AvgIpc) is 2.97. The van der Waals surface area contributed by atoms with E-state index < -0.39 is 16.8 Å². The molecule has 0 bridgehead atoms. The number of furan rings is 1. The minimum atomic E-state index is -4.51. The molecular formula is C10H10F3N3O2S. The molecule has 0 aliphatic rings. The highest BCUT2D eigenvalue weighted by molar-refractivity contribution is 7.15. The van der Waals surface area contributed by atoms with Crippen LogP contribution in [0.4, 0.5) is 18.3 Å². The van der Waals surface area contributed by atoms with Gasteiger partial charge in [-0.3, -0.25) is 0 Å². The maximum Gasteiger partial charge on any atom is 0.445 e. The van der Waals surface area contributed by atoms with Crippen LogP contribution in [0, 0.1) is 0 Å². The second-order valence-corrected chi connectivity index (χ2v) is 4.99. The smallest absolute Gasteiger partial charge is 0.445 e. The first-order chi connectivity index (χ1) is 8.79. The molecule has 0 saturated heterocycles. The lowest BCUT2D eigenvalue weighted by atomic mass is 10.0. The summed E-state index contributed by atoms with van der Waals surface area (Å²) in [6.45, 7) is 1.43. The Labute approximate surface area is 110 Å². The molecular weight excluding hydrogens is 283 g/mol. The van der Waals surface area contributed by atoms with Gasteiger partial charge in [0.05, 0.1) is 12.8 Å². The molecule has 0 aliphatic heterocycles. The van der Waals surface area contributed by atoms with E-state index in [2.05, 4.69) is 15.5 Å². The fourth-order valence-electron chi connectivity index (χ4n) is 1.33. The highest BCUT2D eigenvalue weighted by atomic mass is 32.1. The van der Waals surface area contributed by atoms with Gasteiger partial charge in [-0.25, -0.2) is 0 Å². The number of nitrogens with zero attached hydrogens (tertiary/aromatic N) is 2. The van der Waals surface area contributed by atoms with E-state index in [-0.39, 0.29) is 11.7 Å². The summed E-state index contributed by atoms with van der Waals surface area (Å²) in [4.78, 5) is 0. The second kappa shape index (κ2) is 4.82. The normalized spacial score (nSPS) is 15.2. The Balaban J connectivity index is 2.01. The van der Waals surface area contributed by atoms with Crippen molar-refractivity contribution in [3.05, 3.63) is 29.2 Å². The maximum absolute atomic E-state index is 12.3. The Hall–Kier alpha value is -1.61. The molecule has 0 aromatic carbocycles. The Morgan fingerprint density at radius 3 is 2.68 bits per heavy atom. The van der Waals surface area contributed by atoms with Gasteiger partial charge in [-0.05, 0) is 19.1 Å². The first kappa shape index (κ1) is 13.8. The van der Waals surface area contributed by atoms with Gasteiger partial charge in [0.25, 0.3) is 0 Å². The second-order valence-electron chi connectivity index (χ2n) is 4.01. The molecule has 104 valence electrons. The number of hydrogen-bond donors (Lipinski definition) is 2. The fraction of sp³-hybridized carbons (Fsp3) is 0.400. The van der Waals surface area contributed by atoms with Crippen molar-refractivity contribution in [3.63, 3.8) is 0 Å². The zero-order valence-electron chi connectivity index (χ0n) is 9.73. The molecule has 1 atom stereocenters. The summed E-state index contributed by atoms with van der Waals surface area (Å²) >= 11 is 0.378. The van der Waals surface area contributed by atoms with E-state index in [1.807, 2.05) is 0 Å². The lowest BCUT2D eigenvalue weighted by Gasteiger charge is -2.20. The minimum absolute atomic E-state index is 0.0147. The Bertz CT molecular complexity index is 536. The highest BCUT2D eigenvalue weighted by Gasteiger charge is 2.36. The van der Waals surface area contributed by atoms with Gasteiger partial charge in [0.15, 0.2) is 0 Å². The third kappa shape index (κ3) is 3.24. The van der Waals surface area contributed by atoms with Gasteiger partial charge in [-0.15, -0.1) is 10.2 Å². The van der Waals surface area contributed by atoms with Crippen LogP contribution >= 0.6 is 11.3 Å². The number of aliphatic hydroxyl groups is 1. The van der Waals surface area contributed by atoms with Crippen LogP contribution in [0.25, 0.3) is 0 Å². The van der Waals surface area contributed by atoms with Crippen molar-refractivity contribution in [2.75, 3.05) is 11.9 Å². The van der Waals surface area contributed by atoms with Crippen molar-refractivity contribution >= 4 is 16.5 Å². The molecule has 2 aromatic rings. The topological polar surface area (TPSA) is 71.2 Å². The van der Waals surface area contributed by atoms with E-state index in [1.165, 1.54) is 13.2 Å². The molecule has 0 fully saturated rings. The summed E-state index contributed by atoms with van der Waals surface area (Å²) in [5, 5.41) is 18.0. The largest absolute Gasteiger partial charge is 0.466 e. The van der Waals surface area contributed by atoms with E-state index in [9.17, 15) is 18.3 Å². The number of aromatic nitrogens is 2. The van der Waals surface area contributed by atoms with E-state index in [0.29, 0.717) is 17.1 Å². The van der Waals surface area contributed by atoms with Gasteiger partial charge in [0.1, 0.15) is 11.4 Å². The van der Waals surface area contributed by atoms with E-state index in [4.69, 9.17) is 4.42 Å². The van der Waals surface area contributed by atoms with Crippen LogP contribution < -0.4 is 5.32 Å². The summed E-state index contributed by atoms with van der Waals surface area (Å²) < 4.78 is 42.0. The van der Waals surface area contributed by atoms with Gasteiger partial charge < -0.3 is 14.8 Å². The molecule has 2 N–H and O–H groups in total. The number of rotatable bonds is 4. The van der Waals surface area contributed by atoms with Crippen LogP contribution in [0.1, 0.15) is 17.7 Å². The van der Waals surface area contributed by atoms with Gasteiger partial charge >= 0.3 is 6.18 Å². The van der Waals surface area contributed by atoms with Crippen LogP contribution in [-0.4, -0.2) is 21.8 Å². The number of alkyl halides is 3. The maximum atomic E-state index is 12.3. The summed E-state index contributed by atoms with van der Waals surface area (Å²) in [5.41, 5.74) is -1.35. The van der Waals surface area contributed by atoms with E-state index in [0.717, 1.165) is 0 Å². The average molecular weight is 293 g/mol. The summed E-state index contributed by atoms with van der Waals surface area (Å²) in [6.07, 6.45) is -3.11. The summed E-state index contributed by atoms with van der Waals surface area (Å²) in [6, 6.07) is 3.18. The first-order valence-corrected chi connectivity index (χ1v) is 6.01. The Morgan fingerprint density at radius 1 is 1.42 bits per heavy atom. The molecule has 0 amide bonds. The van der Waals surface area contributed by atoms with Crippen molar-refractivity contribution < 1.29 is 22.7 Å². The summed E-state index contributed by atoms with van der Waals surface area (Å²) in [7, 11) is 0. The number of anilines is 1. The zero-order chi connectivity index (χ0) is 14.1. The van der Waals surface area contributed by atoms with Crippen molar-refractivity contribution in [1.29, 1.82) is 0 Å². The predicted octanol–water partition coefficient (Wildman–Crippen LogP) is 2.47. The third-order valence-corrected chi connectivity index (χ3v) is 3.23. The highest BCUT2D eigenvalue weighted by Crippen LogP contribution is 2.33. The molecule has 5 nitrogen and oxygen atoms in total. The van der Waals surface area contributed by atoms with Crippen LogP contribution in [0.5, 0.6) is 0 Å². The molecule has 2 rings (SSSR count). The number of nitrogens with one attached hydrogen (secondary N) is 1. The van der Waals surface area contributed by atoms with Crippen molar-refractivity contribution in [2.45, 2.75) is 18.7 Å². The molecule has 2 aromatic heterocycles. The minimum Gasteiger partial charge on any atom is -0.466 e. The lowest BCUT2D eigenvalue weighted by Crippen LogP contribution is -2.30. The number of halogens is 3. The molecule has 0 aliphatic carbocycles. The van der Waals surface area contributed by atoms with Crippen molar-refractivity contribution in [1.82, 2.24) is 10.2 Å². The van der Waals surface area contributed by atoms with E-state index >= 15 is 0 Å².